The van der Waals surface area contributed by atoms with Gasteiger partial charge < -0.3 is 5.11 Å². The summed E-state index contributed by atoms with van der Waals surface area (Å²) in [6, 6.07) is 16.5. The van der Waals surface area contributed by atoms with E-state index in [2.05, 4.69) is 26.0 Å². The predicted molar refractivity (Wildman–Crippen MR) is 116 cm³/mol. The molecule has 0 saturated carbocycles. The molecule has 6 heteroatoms. The Morgan fingerprint density at radius 2 is 1.96 bits per heavy atom. The Morgan fingerprint density at radius 3 is 2.79 bits per heavy atom. The summed E-state index contributed by atoms with van der Waals surface area (Å²) in [7, 11) is 0. The van der Waals surface area contributed by atoms with Crippen LogP contribution >= 0.6 is 15.9 Å². The highest BCUT2D eigenvalue weighted by atomic mass is 79.9. The molecule has 0 bridgehead atoms. The van der Waals surface area contributed by atoms with Gasteiger partial charge in [0.25, 0.3) is 5.56 Å². The molecule has 140 valence electrons. The lowest BCUT2D eigenvalue weighted by molar-refractivity contribution is 0.475. The molecule has 0 saturated heterocycles. The van der Waals surface area contributed by atoms with Gasteiger partial charge in [-0.15, -0.1) is 0 Å². The van der Waals surface area contributed by atoms with E-state index in [-0.39, 0.29) is 11.3 Å². The van der Waals surface area contributed by atoms with Crippen molar-refractivity contribution >= 4 is 43.8 Å². The van der Waals surface area contributed by atoms with Crippen molar-refractivity contribution in [3.05, 3.63) is 80.8 Å². The van der Waals surface area contributed by atoms with E-state index in [1.807, 2.05) is 49.4 Å². The molecule has 0 radical (unpaired) electrons. The molecule has 4 aromatic rings. The van der Waals surface area contributed by atoms with Gasteiger partial charge in [0.2, 0.25) is 0 Å². The number of aromatic hydroxyl groups is 1. The summed E-state index contributed by atoms with van der Waals surface area (Å²) < 4.78 is 2.29. The maximum absolute atomic E-state index is 13.0. The third kappa shape index (κ3) is 3.31. The third-order valence-corrected chi connectivity index (χ3v) is 5.09. The molecule has 28 heavy (non-hydrogen) atoms. The second-order valence-corrected chi connectivity index (χ2v) is 7.44. The van der Waals surface area contributed by atoms with Gasteiger partial charge >= 0.3 is 0 Å². The van der Waals surface area contributed by atoms with Crippen LogP contribution in [0.25, 0.3) is 21.7 Å². The van der Waals surface area contributed by atoms with Gasteiger partial charge in [-0.1, -0.05) is 47.1 Å². The predicted octanol–water partition coefficient (Wildman–Crippen LogP) is 4.85. The summed E-state index contributed by atoms with van der Waals surface area (Å²) in [6.07, 6.45) is 3.00. The second-order valence-electron chi connectivity index (χ2n) is 6.52. The summed E-state index contributed by atoms with van der Waals surface area (Å²) in [5, 5.41) is 17.1. The van der Waals surface area contributed by atoms with Crippen LogP contribution in [-0.4, -0.2) is 21.0 Å². The number of halogens is 1. The van der Waals surface area contributed by atoms with Crippen molar-refractivity contribution in [2.75, 3.05) is 0 Å². The highest BCUT2D eigenvalue weighted by Gasteiger charge is 2.11. The molecule has 0 aliphatic heterocycles. The molecule has 1 heterocycles. The summed E-state index contributed by atoms with van der Waals surface area (Å²) in [6.45, 7) is 2.03. The van der Waals surface area contributed by atoms with Crippen molar-refractivity contribution < 1.29 is 5.11 Å². The zero-order valence-electron chi connectivity index (χ0n) is 15.3. The van der Waals surface area contributed by atoms with Crippen LogP contribution in [0.5, 0.6) is 5.75 Å². The normalized spacial score (nSPS) is 11.6. The number of fused-ring (bicyclic) bond motifs is 2. The number of hydrogen-bond acceptors (Lipinski definition) is 4. The average Bonchev–Trinajstić information content (AvgIpc) is 2.69. The Bertz CT molecular complexity index is 1280. The SMILES string of the molecule is CCCc1nc2ccccc2c(=O)n1/N=C/c1c(O)ccc2cc(Br)ccc12. The molecule has 0 fully saturated rings. The molecule has 3 aromatic carbocycles. The molecule has 0 atom stereocenters. The fourth-order valence-electron chi connectivity index (χ4n) is 3.24. The lowest BCUT2D eigenvalue weighted by Gasteiger charge is -2.09. The fourth-order valence-corrected chi connectivity index (χ4v) is 3.62. The lowest BCUT2D eigenvalue weighted by atomic mass is 10.0. The molecule has 5 nitrogen and oxygen atoms in total. The largest absolute Gasteiger partial charge is 0.507 e. The number of hydrogen-bond donors (Lipinski definition) is 1. The summed E-state index contributed by atoms with van der Waals surface area (Å²) in [5.74, 6) is 0.710. The first-order chi connectivity index (χ1) is 13.6. The van der Waals surface area contributed by atoms with Crippen LogP contribution in [0.2, 0.25) is 0 Å². The van der Waals surface area contributed by atoms with Crippen LogP contribution in [0.3, 0.4) is 0 Å². The van der Waals surface area contributed by atoms with E-state index in [1.165, 1.54) is 10.9 Å². The van der Waals surface area contributed by atoms with E-state index in [9.17, 15) is 9.90 Å². The van der Waals surface area contributed by atoms with Crippen LogP contribution in [0.1, 0.15) is 24.7 Å². The number of aryl methyl sites for hydroxylation is 1. The molecule has 1 aromatic heterocycles. The van der Waals surface area contributed by atoms with Gasteiger partial charge in [0.1, 0.15) is 11.6 Å². The fraction of sp³-hybridized carbons (Fsp3) is 0.136. The van der Waals surface area contributed by atoms with Crippen LogP contribution in [0.15, 0.2) is 69.0 Å². The molecule has 0 aliphatic carbocycles. The van der Waals surface area contributed by atoms with Crippen LogP contribution in [0, 0.1) is 0 Å². The van der Waals surface area contributed by atoms with Gasteiger partial charge in [-0.2, -0.15) is 9.78 Å². The quantitative estimate of drug-likeness (QED) is 0.465. The van der Waals surface area contributed by atoms with E-state index >= 15 is 0 Å². The zero-order chi connectivity index (χ0) is 19.7. The highest BCUT2D eigenvalue weighted by molar-refractivity contribution is 9.10. The van der Waals surface area contributed by atoms with Crippen molar-refractivity contribution in [1.82, 2.24) is 9.66 Å². The van der Waals surface area contributed by atoms with Gasteiger partial charge in [0.15, 0.2) is 0 Å². The molecule has 0 aliphatic rings. The Morgan fingerprint density at radius 1 is 1.14 bits per heavy atom. The van der Waals surface area contributed by atoms with E-state index in [0.717, 1.165) is 21.7 Å². The van der Waals surface area contributed by atoms with E-state index in [1.54, 1.807) is 12.1 Å². The maximum Gasteiger partial charge on any atom is 0.282 e. The second kappa shape index (κ2) is 7.56. The number of phenols is 1. The minimum Gasteiger partial charge on any atom is -0.507 e. The van der Waals surface area contributed by atoms with E-state index in [4.69, 9.17) is 0 Å². The zero-order valence-corrected chi connectivity index (χ0v) is 16.8. The van der Waals surface area contributed by atoms with Gasteiger partial charge in [0.05, 0.1) is 17.1 Å². The topological polar surface area (TPSA) is 67.5 Å². The summed E-state index contributed by atoms with van der Waals surface area (Å²) in [4.78, 5) is 17.6. The first-order valence-corrected chi connectivity index (χ1v) is 9.84. The summed E-state index contributed by atoms with van der Waals surface area (Å²) >= 11 is 3.46. The van der Waals surface area contributed by atoms with Gasteiger partial charge in [-0.3, -0.25) is 4.79 Å². The van der Waals surface area contributed by atoms with Crippen LogP contribution in [0.4, 0.5) is 0 Å². The van der Waals surface area contributed by atoms with Gasteiger partial charge in [-0.25, -0.2) is 4.98 Å². The Kier molecular flexibility index (Phi) is 4.96. The molecule has 0 amide bonds. The standard InChI is InChI=1S/C22H18BrN3O2/c1-2-5-21-25-19-7-4-3-6-17(19)22(28)26(21)24-13-18-16-10-9-15(23)12-14(16)8-11-20(18)27/h3-4,6-13,27H,2,5H2,1H3/b24-13+. The number of aromatic nitrogens is 2. The molecule has 1 N–H and O–H groups in total. The first-order valence-electron chi connectivity index (χ1n) is 9.04. The number of benzene rings is 3. The van der Waals surface area contributed by atoms with Crippen molar-refractivity contribution in [3.8, 4) is 5.75 Å². The first kappa shape index (κ1) is 18.4. The minimum atomic E-state index is -0.215. The number of nitrogens with zero attached hydrogens (tertiary/aromatic N) is 3. The monoisotopic (exact) mass is 435 g/mol. The molecular weight excluding hydrogens is 418 g/mol. The number of para-hydroxylation sites is 1. The molecule has 0 spiro atoms. The Balaban J connectivity index is 1.91. The highest BCUT2D eigenvalue weighted by Crippen LogP contribution is 2.28. The maximum atomic E-state index is 13.0. The van der Waals surface area contributed by atoms with Gasteiger partial charge in [0, 0.05) is 16.5 Å². The van der Waals surface area contributed by atoms with E-state index in [0.29, 0.717) is 28.7 Å². The molecule has 0 unspecified atom stereocenters. The number of phenolic OH excluding ortho intramolecular Hbond substituents is 1. The van der Waals surface area contributed by atoms with Crippen LogP contribution in [-0.2, 0) is 6.42 Å². The van der Waals surface area contributed by atoms with Crippen molar-refractivity contribution in [3.63, 3.8) is 0 Å². The molecular formula is C22H18BrN3O2. The lowest BCUT2D eigenvalue weighted by Crippen LogP contribution is -2.22. The summed E-state index contributed by atoms with van der Waals surface area (Å²) in [5.41, 5.74) is 1.01. The van der Waals surface area contributed by atoms with Crippen molar-refractivity contribution in [1.29, 1.82) is 0 Å². The molecule has 4 rings (SSSR count). The van der Waals surface area contributed by atoms with Crippen LogP contribution < -0.4 is 5.56 Å². The van der Waals surface area contributed by atoms with Crippen molar-refractivity contribution in [2.24, 2.45) is 5.10 Å². The average molecular weight is 436 g/mol. The smallest absolute Gasteiger partial charge is 0.282 e. The minimum absolute atomic E-state index is 0.109. The van der Waals surface area contributed by atoms with Gasteiger partial charge in [-0.05, 0) is 47.5 Å². The van der Waals surface area contributed by atoms with E-state index < -0.39 is 0 Å². The number of rotatable bonds is 4. The van der Waals surface area contributed by atoms with Crippen molar-refractivity contribution in [2.45, 2.75) is 19.8 Å². The third-order valence-electron chi connectivity index (χ3n) is 4.60. The Hall–Kier alpha value is -2.99. The Labute approximate surface area is 170 Å².